The Morgan fingerprint density at radius 1 is 1.38 bits per heavy atom. The molecule has 0 radical (unpaired) electrons. The second-order valence-corrected chi connectivity index (χ2v) is 6.35. The maximum absolute atomic E-state index is 12.5. The van der Waals surface area contributed by atoms with Crippen molar-refractivity contribution in [1.29, 1.82) is 5.41 Å². The zero-order valence-corrected chi connectivity index (χ0v) is 14.4. The molecule has 7 heteroatoms. The average Bonchev–Trinajstić information content (AvgIpc) is 2.64. The van der Waals surface area contributed by atoms with Crippen molar-refractivity contribution < 1.29 is 9.59 Å². The number of nitrogen functional groups attached to an aromatic ring is 1. The number of nitrogens with one attached hydrogen (secondary N) is 2. The van der Waals surface area contributed by atoms with E-state index < -0.39 is 18.0 Å². The molecule has 2 aromatic rings. The number of benzene rings is 1. The summed E-state index contributed by atoms with van der Waals surface area (Å²) in [6.45, 7) is 1.86. The molecule has 134 valence electrons. The molecule has 1 aliphatic rings. The van der Waals surface area contributed by atoms with E-state index in [1.807, 2.05) is 37.3 Å². The van der Waals surface area contributed by atoms with E-state index in [0.717, 1.165) is 22.2 Å². The number of rotatable bonds is 5. The van der Waals surface area contributed by atoms with Crippen LogP contribution in [0.3, 0.4) is 0 Å². The van der Waals surface area contributed by atoms with Gasteiger partial charge in [0.05, 0.1) is 18.0 Å². The van der Waals surface area contributed by atoms with Crippen LogP contribution in [0.4, 0.5) is 10.6 Å². The SMILES string of the molecule is C[C@@H](NC(=O)N1C(=O)[C@H](Cc2ccnc(N)c2)[C@H]1C=N)c1ccccc1. The second-order valence-electron chi connectivity index (χ2n) is 6.35. The Morgan fingerprint density at radius 2 is 2.12 bits per heavy atom. The summed E-state index contributed by atoms with van der Waals surface area (Å²) in [5.74, 6) is -0.342. The summed E-state index contributed by atoms with van der Waals surface area (Å²) in [6, 6.07) is 11.7. The van der Waals surface area contributed by atoms with Crippen LogP contribution in [0.1, 0.15) is 24.1 Å². The summed E-state index contributed by atoms with van der Waals surface area (Å²) in [5, 5.41) is 10.4. The van der Waals surface area contributed by atoms with Gasteiger partial charge in [-0.3, -0.25) is 9.69 Å². The number of urea groups is 1. The number of hydrogen-bond donors (Lipinski definition) is 3. The Kier molecular flexibility index (Phi) is 4.97. The van der Waals surface area contributed by atoms with Gasteiger partial charge in [0.15, 0.2) is 0 Å². The maximum atomic E-state index is 12.5. The highest BCUT2D eigenvalue weighted by molar-refractivity contribution is 6.06. The molecule has 1 saturated heterocycles. The molecule has 4 N–H and O–H groups in total. The lowest BCUT2D eigenvalue weighted by Crippen LogP contribution is -2.66. The molecule has 3 atom stereocenters. The molecule has 0 saturated carbocycles. The standard InChI is InChI=1S/C19H21N5O2/c1-12(14-5-3-2-4-6-14)23-19(26)24-16(11-20)15(18(24)25)9-13-7-8-22-17(21)10-13/h2-8,10-12,15-16,20H,9H2,1H3,(H2,21,22)(H,23,26)/t12-,15-,16-/m1/s1. The van der Waals surface area contributed by atoms with Crippen molar-refractivity contribution in [2.24, 2.45) is 5.92 Å². The Balaban J connectivity index is 1.66. The van der Waals surface area contributed by atoms with Crippen LogP contribution >= 0.6 is 0 Å². The largest absolute Gasteiger partial charge is 0.384 e. The summed E-state index contributed by atoms with van der Waals surface area (Å²) >= 11 is 0. The topological polar surface area (TPSA) is 112 Å². The van der Waals surface area contributed by atoms with Gasteiger partial charge in [-0.15, -0.1) is 0 Å². The van der Waals surface area contributed by atoms with Crippen LogP contribution in [0.2, 0.25) is 0 Å². The molecule has 1 aliphatic heterocycles. The molecule has 3 rings (SSSR count). The van der Waals surface area contributed by atoms with Crippen molar-refractivity contribution in [3.63, 3.8) is 0 Å². The van der Waals surface area contributed by atoms with Crippen molar-refractivity contribution >= 4 is 24.0 Å². The van der Waals surface area contributed by atoms with Crippen molar-refractivity contribution in [2.75, 3.05) is 5.73 Å². The number of nitrogens with zero attached hydrogens (tertiary/aromatic N) is 2. The summed E-state index contributed by atoms with van der Waals surface area (Å²) in [6.07, 6.45) is 3.15. The quantitative estimate of drug-likeness (QED) is 0.566. The van der Waals surface area contributed by atoms with Gasteiger partial charge < -0.3 is 16.5 Å². The van der Waals surface area contributed by atoms with E-state index in [2.05, 4.69) is 10.3 Å². The molecule has 2 heterocycles. The van der Waals surface area contributed by atoms with E-state index in [1.54, 1.807) is 18.3 Å². The van der Waals surface area contributed by atoms with Gasteiger partial charge in [0.25, 0.3) is 0 Å². The van der Waals surface area contributed by atoms with Crippen molar-refractivity contribution in [2.45, 2.75) is 25.4 Å². The van der Waals surface area contributed by atoms with E-state index in [4.69, 9.17) is 11.1 Å². The number of carbonyl (C=O) groups is 2. The third-order valence-electron chi connectivity index (χ3n) is 4.60. The van der Waals surface area contributed by atoms with Gasteiger partial charge in [-0.25, -0.2) is 9.78 Å². The highest BCUT2D eigenvalue weighted by Crippen LogP contribution is 2.29. The first-order valence-corrected chi connectivity index (χ1v) is 8.40. The van der Waals surface area contributed by atoms with Gasteiger partial charge >= 0.3 is 6.03 Å². The minimum absolute atomic E-state index is 0.234. The molecular formula is C19H21N5O2. The smallest absolute Gasteiger partial charge is 0.325 e. The van der Waals surface area contributed by atoms with E-state index >= 15 is 0 Å². The normalized spacial score (nSPS) is 20.2. The molecule has 1 aromatic heterocycles. The second kappa shape index (κ2) is 7.35. The fourth-order valence-corrected chi connectivity index (χ4v) is 3.16. The fraction of sp³-hybridized carbons (Fsp3) is 0.263. The summed E-state index contributed by atoms with van der Waals surface area (Å²) < 4.78 is 0. The molecular weight excluding hydrogens is 330 g/mol. The first kappa shape index (κ1) is 17.6. The molecule has 0 spiro atoms. The summed E-state index contributed by atoms with van der Waals surface area (Å²) in [4.78, 5) is 30.0. The molecule has 1 fully saturated rings. The number of amides is 3. The number of anilines is 1. The van der Waals surface area contributed by atoms with Crippen LogP contribution in [0.15, 0.2) is 48.7 Å². The van der Waals surface area contributed by atoms with Crippen LogP contribution in [-0.2, 0) is 11.2 Å². The van der Waals surface area contributed by atoms with E-state index in [-0.39, 0.29) is 11.9 Å². The molecule has 1 aromatic carbocycles. The molecule has 3 amide bonds. The minimum Gasteiger partial charge on any atom is -0.384 e. The maximum Gasteiger partial charge on any atom is 0.325 e. The molecule has 26 heavy (non-hydrogen) atoms. The Hall–Kier alpha value is -3.22. The van der Waals surface area contributed by atoms with Crippen LogP contribution in [0, 0.1) is 11.3 Å². The summed E-state index contributed by atoms with van der Waals surface area (Å²) in [5.41, 5.74) is 7.48. The predicted octanol–water partition coefficient (Wildman–Crippen LogP) is 2.15. The van der Waals surface area contributed by atoms with Crippen molar-refractivity contribution in [1.82, 2.24) is 15.2 Å². The van der Waals surface area contributed by atoms with Crippen LogP contribution < -0.4 is 11.1 Å². The first-order valence-electron chi connectivity index (χ1n) is 8.40. The number of nitrogens with two attached hydrogens (primary N) is 1. The van der Waals surface area contributed by atoms with Crippen LogP contribution in [0.25, 0.3) is 0 Å². The van der Waals surface area contributed by atoms with E-state index in [9.17, 15) is 9.59 Å². The molecule has 0 aliphatic carbocycles. The third-order valence-corrected chi connectivity index (χ3v) is 4.60. The van der Waals surface area contributed by atoms with Crippen LogP contribution in [0.5, 0.6) is 0 Å². The van der Waals surface area contributed by atoms with Gasteiger partial charge in [0.2, 0.25) is 5.91 Å². The third kappa shape index (κ3) is 3.42. The lowest BCUT2D eigenvalue weighted by molar-refractivity contribution is -0.145. The monoisotopic (exact) mass is 351 g/mol. The number of likely N-dealkylation sites (tertiary alicyclic amines) is 1. The van der Waals surface area contributed by atoms with Gasteiger partial charge in [0.1, 0.15) is 5.82 Å². The number of carbonyl (C=O) groups excluding carboxylic acids is 2. The Labute approximate surface area is 151 Å². The van der Waals surface area contributed by atoms with Gasteiger partial charge in [-0.05, 0) is 36.6 Å². The van der Waals surface area contributed by atoms with E-state index in [0.29, 0.717) is 12.2 Å². The van der Waals surface area contributed by atoms with Gasteiger partial charge in [0, 0.05) is 12.4 Å². The molecule has 0 unspecified atom stereocenters. The number of aromatic nitrogens is 1. The van der Waals surface area contributed by atoms with Gasteiger partial charge in [-0.2, -0.15) is 0 Å². The highest BCUT2D eigenvalue weighted by Gasteiger charge is 2.49. The number of pyridine rings is 1. The first-order chi connectivity index (χ1) is 12.5. The highest BCUT2D eigenvalue weighted by atomic mass is 16.2. The fourth-order valence-electron chi connectivity index (χ4n) is 3.16. The predicted molar refractivity (Wildman–Crippen MR) is 98.6 cm³/mol. The Bertz CT molecular complexity index is 824. The van der Waals surface area contributed by atoms with Gasteiger partial charge in [-0.1, -0.05) is 30.3 Å². The minimum atomic E-state index is -0.556. The van der Waals surface area contributed by atoms with Crippen LogP contribution in [-0.4, -0.2) is 34.1 Å². The molecule has 7 nitrogen and oxygen atoms in total. The summed E-state index contributed by atoms with van der Waals surface area (Å²) in [7, 11) is 0. The lowest BCUT2D eigenvalue weighted by atomic mass is 9.83. The number of hydrogen-bond acceptors (Lipinski definition) is 5. The molecule has 0 bridgehead atoms. The zero-order chi connectivity index (χ0) is 18.7. The van der Waals surface area contributed by atoms with Crippen molar-refractivity contribution in [3.05, 3.63) is 59.8 Å². The number of β-lactam (4-membered cyclic amide) rings is 1. The average molecular weight is 351 g/mol. The lowest BCUT2D eigenvalue weighted by Gasteiger charge is -2.43. The van der Waals surface area contributed by atoms with Crippen molar-refractivity contribution in [3.8, 4) is 0 Å². The zero-order valence-electron chi connectivity index (χ0n) is 14.4. The Morgan fingerprint density at radius 3 is 2.77 bits per heavy atom. The van der Waals surface area contributed by atoms with E-state index in [1.165, 1.54) is 0 Å². The number of imide groups is 1.